The van der Waals surface area contributed by atoms with E-state index >= 15 is 0 Å². The van der Waals surface area contributed by atoms with Gasteiger partial charge in [0.1, 0.15) is 0 Å². The van der Waals surface area contributed by atoms with Gasteiger partial charge in [-0.05, 0) is 6.92 Å². The van der Waals surface area contributed by atoms with Gasteiger partial charge in [0.25, 0.3) is 0 Å². The molecule has 7 nitrogen and oxygen atoms in total. The van der Waals surface area contributed by atoms with Crippen molar-refractivity contribution in [3.63, 3.8) is 0 Å². The third-order valence-corrected chi connectivity index (χ3v) is 2.76. The second-order valence-corrected chi connectivity index (χ2v) is 4.29. The maximum absolute atomic E-state index is 10.4. The van der Waals surface area contributed by atoms with E-state index in [1.165, 1.54) is 6.92 Å². The summed E-state index contributed by atoms with van der Waals surface area (Å²) in [6.07, 6.45) is 0. The molecule has 0 radical (unpaired) electrons. The molecule has 0 spiro atoms. The standard InChI is InChI=1S/C2H8O7P2.2Na.2H/c1-2-8-11(6,7)9-10(3,4)5;;;;/h2H2,1H3,(H,6,7)(H2,3,4,5);;;;. The molecule has 0 aliphatic rings. The van der Waals surface area contributed by atoms with E-state index < -0.39 is 15.6 Å². The van der Waals surface area contributed by atoms with Gasteiger partial charge in [-0.15, -0.1) is 0 Å². The van der Waals surface area contributed by atoms with Crippen LogP contribution in [0.2, 0.25) is 0 Å². The average Bonchev–Trinajstić information content (AvgIpc) is 1.55. The topological polar surface area (TPSA) is 113 Å². The fourth-order valence-electron chi connectivity index (χ4n) is 0.321. The molecule has 3 N–H and O–H groups in total. The van der Waals surface area contributed by atoms with Crippen molar-refractivity contribution in [1.82, 2.24) is 0 Å². The predicted octanol–water partition coefficient (Wildman–Crippen LogP) is -1.06. The molecule has 0 aliphatic carbocycles. The summed E-state index contributed by atoms with van der Waals surface area (Å²) in [7, 11) is -9.53. The van der Waals surface area contributed by atoms with Crippen LogP contribution in [0, 0.1) is 0 Å². The summed E-state index contributed by atoms with van der Waals surface area (Å²) in [4.78, 5) is 24.6. The fourth-order valence-corrected chi connectivity index (χ4v) is 1.91. The molecule has 0 amide bonds. The third-order valence-electron chi connectivity index (χ3n) is 0.502. The summed E-state index contributed by atoms with van der Waals surface area (Å²) >= 11 is 0. The summed E-state index contributed by atoms with van der Waals surface area (Å²) < 4.78 is 27.9. The zero-order valence-corrected chi connectivity index (χ0v) is 7.37. The van der Waals surface area contributed by atoms with Gasteiger partial charge < -0.3 is 14.7 Å². The Labute approximate surface area is 120 Å². The minimum absolute atomic E-state index is 0. The Morgan fingerprint density at radius 1 is 1.15 bits per heavy atom. The van der Waals surface area contributed by atoms with Crippen LogP contribution in [0.1, 0.15) is 6.92 Å². The maximum atomic E-state index is 10.4. The van der Waals surface area contributed by atoms with Gasteiger partial charge in [-0.3, -0.25) is 4.52 Å². The SMILES string of the molecule is CCOP(=O)(O)OP(=O)(O)O.[NaH].[NaH]. The van der Waals surface area contributed by atoms with Crippen molar-refractivity contribution in [3.05, 3.63) is 0 Å². The van der Waals surface area contributed by atoms with Crippen LogP contribution in [0.5, 0.6) is 0 Å². The monoisotopic (exact) mass is 254 g/mol. The summed E-state index contributed by atoms with van der Waals surface area (Å²) in [5.41, 5.74) is 0. The summed E-state index contributed by atoms with van der Waals surface area (Å²) in [6, 6.07) is 0. The molecule has 0 aliphatic heterocycles. The summed E-state index contributed by atoms with van der Waals surface area (Å²) in [6.45, 7) is 1.21. The summed E-state index contributed by atoms with van der Waals surface area (Å²) in [5.74, 6) is 0. The molecule has 0 aromatic carbocycles. The molecule has 1 unspecified atom stereocenters. The molecule has 0 bridgehead atoms. The third kappa shape index (κ3) is 14.3. The Balaban J connectivity index is -0.000000500. The Bertz CT molecular complexity index is 213. The molecule has 0 aromatic heterocycles. The molecule has 0 heterocycles. The van der Waals surface area contributed by atoms with Gasteiger partial charge in [0, 0.05) is 0 Å². The Hall–Kier alpha value is 2.26. The number of rotatable bonds is 4. The molecule has 0 saturated carbocycles. The van der Waals surface area contributed by atoms with E-state index in [-0.39, 0.29) is 65.7 Å². The number of hydrogen-bond acceptors (Lipinski definition) is 4. The van der Waals surface area contributed by atoms with Crippen molar-refractivity contribution in [2.75, 3.05) is 6.61 Å². The first kappa shape index (κ1) is 20.6. The normalized spacial score (nSPS) is 15.1. The number of phosphoric ester groups is 1. The van der Waals surface area contributed by atoms with E-state index in [1.807, 2.05) is 0 Å². The number of hydrogen-bond donors (Lipinski definition) is 3. The van der Waals surface area contributed by atoms with Crippen molar-refractivity contribution in [3.8, 4) is 0 Å². The average molecular weight is 254 g/mol. The predicted molar refractivity (Wildman–Crippen MR) is 48.9 cm³/mol. The van der Waals surface area contributed by atoms with Gasteiger partial charge >= 0.3 is 74.8 Å². The molecule has 72 valence electrons. The van der Waals surface area contributed by atoms with Crippen LogP contribution in [-0.2, 0) is 18.0 Å². The Morgan fingerprint density at radius 2 is 1.54 bits per heavy atom. The molecule has 0 aromatic rings. The van der Waals surface area contributed by atoms with Gasteiger partial charge in [0.15, 0.2) is 0 Å². The van der Waals surface area contributed by atoms with Crippen molar-refractivity contribution in [2.24, 2.45) is 0 Å². The second kappa shape index (κ2) is 8.42. The molecular weight excluding hydrogens is 244 g/mol. The zero-order chi connectivity index (χ0) is 9.12. The van der Waals surface area contributed by atoms with Crippen molar-refractivity contribution in [1.29, 1.82) is 0 Å². The minimum atomic E-state index is -4.96. The van der Waals surface area contributed by atoms with Crippen LogP contribution < -0.4 is 0 Å². The van der Waals surface area contributed by atoms with Gasteiger partial charge in [0.05, 0.1) is 6.61 Å². The Kier molecular flexibility index (Phi) is 13.4. The van der Waals surface area contributed by atoms with E-state index in [2.05, 4.69) is 8.83 Å². The van der Waals surface area contributed by atoms with Crippen LogP contribution in [-0.4, -0.2) is 80.4 Å². The van der Waals surface area contributed by atoms with Gasteiger partial charge in [-0.1, -0.05) is 0 Å². The van der Waals surface area contributed by atoms with Gasteiger partial charge in [-0.2, -0.15) is 4.31 Å². The first-order valence-corrected chi connectivity index (χ1v) is 5.53. The van der Waals surface area contributed by atoms with Crippen LogP contribution in [0.4, 0.5) is 0 Å². The molecule has 0 rings (SSSR count). The quantitative estimate of drug-likeness (QED) is 0.432. The van der Waals surface area contributed by atoms with Crippen LogP contribution in [0.3, 0.4) is 0 Å². The zero-order valence-electron chi connectivity index (χ0n) is 5.58. The van der Waals surface area contributed by atoms with Gasteiger partial charge in [0.2, 0.25) is 0 Å². The molecule has 0 fully saturated rings. The number of phosphoric acid groups is 2. The van der Waals surface area contributed by atoms with E-state index in [0.717, 1.165) is 0 Å². The van der Waals surface area contributed by atoms with E-state index in [4.69, 9.17) is 14.7 Å². The van der Waals surface area contributed by atoms with Crippen LogP contribution in [0.25, 0.3) is 0 Å². The fraction of sp³-hybridized carbons (Fsp3) is 1.00. The molecule has 1 atom stereocenters. The first-order valence-electron chi connectivity index (χ1n) is 2.51. The Morgan fingerprint density at radius 3 is 1.77 bits per heavy atom. The van der Waals surface area contributed by atoms with Crippen molar-refractivity contribution in [2.45, 2.75) is 6.92 Å². The van der Waals surface area contributed by atoms with Crippen molar-refractivity contribution < 1.29 is 32.6 Å². The molecule has 0 saturated heterocycles. The molecule has 11 heteroatoms. The van der Waals surface area contributed by atoms with Gasteiger partial charge in [-0.25, -0.2) is 9.13 Å². The van der Waals surface area contributed by atoms with E-state index in [9.17, 15) is 9.13 Å². The molecular formula is C2H10Na2O7P2. The van der Waals surface area contributed by atoms with E-state index in [1.54, 1.807) is 0 Å². The van der Waals surface area contributed by atoms with Crippen LogP contribution in [0.15, 0.2) is 0 Å². The van der Waals surface area contributed by atoms with Crippen molar-refractivity contribution >= 4 is 74.8 Å². The first-order chi connectivity index (χ1) is 4.77. The van der Waals surface area contributed by atoms with E-state index in [0.29, 0.717) is 0 Å². The van der Waals surface area contributed by atoms with Crippen LogP contribution >= 0.6 is 15.6 Å². The second-order valence-electron chi connectivity index (χ2n) is 1.46. The molecule has 13 heavy (non-hydrogen) atoms. The summed E-state index contributed by atoms with van der Waals surface area (Å²) in [5, 5.41) is 0.